The number of halogens is 3. The molecule has 0 radical (unpaired) electrons. The molecule has 0 atom stereocenters. The average Bonchev–Trinajstić information content (AvgIpc) is 2.72. The van der Waals surface area contributed by atoms with Crippen LogP contribution < -0.4 is 14.8 Å². The number of carboxylic acids is 1. The van der Waals surface area contributed by atoms with E-state index in [0.717, 1.165) is 20.4 Å². The zero-order chi connectivity index (χ0) is 21.7. The van der Waals surface area contributed by atoms with E-state index in [1.165, 1.54) is 0 Å². The summed E-state index contributed by atoms with van der Waals surface area (Å²) < 4.78 is 12.4. The second-order valence-corrected chi connectivity index (χ2v) is 8.38. The monoisotopic (exact) mass is 557 g/mol. The first-order valence-electron chi connectivity index (χ1n) is 8.87. The van der Waals surface area contributed by atoms with E-state index < -0.39 is 5.97 Å². The quantitative estimate of drug-likeness (QED) is 0.310. The second kappa shape index (κ2) is 10.2. The molecule has 0 unspecified atom stereocenters. The lowest BCUT2D eigenvalue weighted by Gasteiger charge is -2.16. The maximum absolute atomic E-state index is 11.1. The maximum atomic E-state index is 11.1. The highest BCUT2D eigenvalue weighted by atomic mass is 127. The third-order valence-corrected chi connectivity index (χ3v) is 5.67. The molecule has 0 heterocycles. The summed E-state index contributed by atoms with van der Waals surface area (Å²) in [6.45, 7) is 0.778. The summed E-state index contributed by atoms with van der Waals surface area (Å²) in [6.07, 6.45) is 0. The van der Waals surface area contributed by atoms with E-state index in [2.05, 4.69) is 27.9 Å². The molecule has 3 aromatic rings. The van der Waals surface area contributed by atoms with Crippen LogP contribution in [0.1, 0.15) is 21.5 Å². The molecule has 3 aromatic carbocycles. The van der Waals surface area contributed by atoms with Gasteiger partial charge in [0, 0.05) is 27.8 Å². The Labute approximate surface area is 198 Å². The van der Waals surface area contributed by atoms with Gasteiger partial charge < -0.3 is 19.9 Å². The van der Waals surface area contributed by atoms with Gasteiger partial charge in [-0.2, -0.15) is 0 Å². The number of anilines is 1. The molecule has 0 aliphatic carbocycles. The molecule has 30 heavy (non-hydrogen) atoms. The highest BCUT2D eigenvalue weighted by molar-refractivity contribution is 14.1. The van der Waals surface area contributed by atoms with Gasteiger partial charge in [-0.25, -0.2) is 4.79 Å². The predicted molar refractivity (Wildman–Crippen MR) is 127 cm³/mol. The zero-order valence-electron chi connectivity index (χ0n) is 15.9. The Bertz CT molecular complexity index is 1070. The molecule has 0 fully saturated rings. The van der Waals surface area contributed by atoms with Crippen molar-refractivity contribution < 1.29 is 19.4 Å². The molecule has 0 aliphatic rings. The summed E-state index contributed by atoms with van der Waals surface area (Å²) >= 11 is 14.4. The lowest BCUT2D eigenvalue weighted by Crippen LogP contribution is -2.04. The van der Waals surface area contributed by atoms with Gasteiger partial charge in [0.25, 0.3) is 0 Å². The smallest absolute Gasteiger partial charge is 0.335 e. The van der Waals surface area contributed by atoms with Crippen molar-refractivity contribution in [3.8, 4) is 11.5 Å². The second-order valence-electron chi connectivity index (χ2n) is 6.37. The van der Waals surface area contributed by atoms with Crippen LogP contribution in [0.2, 0.25) is 10.0 Å². The third kappa shape index (κ3) is 5.71. The fourth-order valence-corrected chi connectivity index (χ4v) is 4.05. The van der Waals surface area contributed by atoms with Gasteiger partial charge in [0.1, 0.15) is 6.61 Å². The molecule has 0 saturated heterocycles. The zero-order valence-corrected chi connectivity index (χ0v) is 19.6. The van der Waals surface area contributed by atoms with Crippen LogP contribution in [0, 0.1) is 3.57 Å². The summed E-state index contributed by atoms with van der Waals surface area (Å²) in [6, 6.07) is 15.8. The van der Waals surface area contributed by atoms with Gasteiger partial charge in [0.05, 0.1) is 16.2 Å². The molecule has 0 aromatic heterocycles. The van der Waals surface area contributed by atoms with Gasteiger partial charge in [-0.1, -0.05) is 35.3 Å². The molecular formula is C22H18Cl2INO4. The highest BCUT2D eigenvalue weighted by Gasteiger charge is 2.13. The normalized spacial score (nSPS) is 10.5. The summed E-state index contributed by atoms with van der Waals surface area (Å²) in [5.41, 5.74) is 2.75. The fourth-order valence-electron chi connectivity index (χ4n) is 2.77. The van der Waals surface area contributed by atoms with Crippen LogP contribution in [-0.4, -0.2) is 18.2 Å². The van der Waals surface area contributed by atoms with Crippen LogP contribution >= 0.6 is 45.8 Å². The van der Waals surface area contributed by atoms with Crippen LogP contribution in [-0.2, 0) is 13.2 Å². The number of benzene rings is 3. The number of nitrogens with one attached hydrogen (secondary N) is 1. The molecule has 0 aliphatic heterocycles. The number of hydrogen-bond acceptors (Lipinski definition) is 4. The van der Waals surface area contributed by atoms with Crippen LogP contribution in [0.15, 0.2) is 54.6 Å². The first-order chi connectivity index (χ1) is 14.4. The van der Waals surface area contributed by atoms with Crippen molar-refractivity contribution in [3.63, 3.8) is 0 Å². The Morgan fingerprint density at radius 1 is 1.13 bits per heavy atom. The first-order valence-corrected chi connectivity index (χ1v) is 10.7. The van der Waals surface area contributed by atoms with Crippen LogP contribution in [0.25, 0.3) is 0 Å². The Balaban J connectivity index is 1.73. The van der Waals surface area contributed by atoms with Gasteiger partial charge in [-0.3, -0.25) is 0 Å². The topological polar surface area (TPSA) is 67.8 Å². The number of aromatic carboxylic acids is 1. The Kier molecular flexibility index (Phi) is 7.69. The molecule has 0 amide bonds. The highest BCUT2D eigenvalue weighted by Crippen LogP contribution is 2.35. The molecule has 0 saturated carbocycles. The van der Waals surface area contributed by atoms with Crippen LogP contribution in [0.4, 0.5) is 5.69 Å². The minimum Gasteiger partial charge on any atom is -0.493 e. The van der Waals surface area contributed by atoms with Crippen LogP contribution in [0.5, 0.6) is 11.5 Å². The van der Waals surface area contributed by atoms with E-state index in [1.54, 1.807) is 37.4 Å². The molecule has 2 N–H and O–H groups in total. The number of carbonyl (C=O) groups is 1. The summed E-state index contributed by atoms with van der Waals surface area (Å²) in [5.74, 6) is 0.265. The van der Waals surface area contributed by atoms with Gasteiger partial charge in [0.2, 0.25) is 0 Å². The van der Waals surface area contributed by atoms with Gasteiger partial charge in [-0.05, 0) is 70.6 Å². The lowest BCUT2D eigenvalue weighted by molar-refractivity contribution is 0.0697. The van der Waals surface area contributed by atoms with Crippen molar-refractivity contribution in [2.24, 2.45) is 0 Å². The molecule has 5 nitrogen and oxygen atoms in total. The van der Waals surface area contributed by atoms with Gasteiger partial charge in [0.15, 0.2) is 11.5 Å². The minimum atomic E-state index is -0.961. The van der Waals surface area contributed by atoms with Crippen molar-refractivity contribution in [3.05, 3.63) is 84.9 Å². The molecule has 8 heteroatoms. The minimum absolute atomic E-state index is 0.233. The Morgan fingerprint density at radius 3 is 2.63 bits per heavy atom. The van der Waals surface area contributed by atoms with E-state index in [0.29, 0.717) is 28.1 Å². The van der Waals surface area contributed by atoms with Crippen molar-refractivity contribution in [2.75, 3.05) is 12.4 Å². The molecule has 0 spiro atoms. The van der Waals surface area contributed by atoms with Gasteiger partial charge in [-0.15, -0.1) is 0 Å². The van der Waals surface area contributed by atoms with E-state index in [1.807, 2.05) is 24.3 Å². The van der Waals surface area contributed by atoms with Crippen molar-refractivity contribution >= 4 is 57.4 Å². The molecule has 0 bridgehead atoms. The average molecular weight is 558 g/mol. The third-order valence-electron chi connectivity index (χ3n) is 4.28. The number of rotatable bonds is 8. The van der Waals surface area contributed by atoms with E-state index >= 15 is 0 Å². The van der Waals surface area contributed by atoms with Crippen molar-refractivity contribution in [1.29, 1.82) is 0 Å². The number of ether oxygens (including phenoxy) is 2. The van der Waals surface area contributed by atoms with Crippen molar-refractivity contribution in [2.45, 2.75) is 13.2 Å². The Morgan fingerprint density at radius 2 is 1.93 bits per heavy atom. The summed E-state index contributed by atoms with van der Waals surface area (Å²) in [7, 11) is 1.58. The number of methoxy groups -OCH3 is 1. The lowest BCUT2D eigenvalue weighted by atomic mass is 10.1. The van der Waals surface area contributed by atoms with E-state index in [9.17, 15) is 4.79 Å². The standard InChI is InChI=1S/C22H18Cl2INO4/c1-29-20-8-13(11-26-17-4-2-3-14(9-17)22(27)28)7-19(25)21(20)30-12-15-5-6-16(23)10-18(15)24/h2-10,26H,11-12H2,1H3,(H,27,28). The van der Waals surface area contributed by atoms with E-state index in [4.69, 9.17) is 37.8 Å². The fraction of sp³-hybridized carbons (Fsp3) is 0.136. The molecular weight excluding hydrogens is 540 g/mol. The summed E-state index contributed by atoms with van der Waals surface area (Å²) in [5, 5.41) is 13.5. The predicted octanol–water partition coefficient (Wildman–Crippen LogP) is 6.50. The van der Waals surface area contributed by atoms with Gasteiger partial charge >= 0.3 is 5.97 Å². The van der Waals surface area contributed by atoms with E-state index in [-0.39, 0.29) is 12.2 Å². The van der Waals surface area contributed by atoms with Crippen LogP contribution in [0.3, 0.4) is 0 Å². The van der Waals surface area contributed by atoms with Crippen molar-refractivity contribution in [1.82, 2.24) is 0 Å². The SMILES string of the molecule is COc1cc(CNc2cccc(C(=O)O)c2)cc(I)c1OCc1ccc(Cl)cc1Cl. The number of carboxylic acid groups (broad SMARTS) is 1. The number of hydrogen-bond donors (Lipinski definition) is 2. The first kappa shape index (κ1) is 22.5. The summed E-state index contributed by atoms with van der Waals surface area (Å²) in [4.78, 5) is 11.1. The maximum Gasteiger partial charge on any atom is 0.335 e. The molecule has 156 valence electrons. The Hall–Kier alpha value is -2.16. The molecule has 3 rings (SSSR count). The largest absolute Gasteiger partial charge is 0.493 e.